The predicted octanol–water partition coefficient (Wildman–Crippen LogP) is 1.29. The van der Waals surface area contributed by atoms with Crippen molar-refractivity contribution in [2.45, 2.75) is 13.1 Å². The molecule has 142 valence electrons. The number of quaternary nitrogens is 1. The highest BCUT2D eigenvalue weighted by Crippen LogP contribution is 2.26. The molecule has 0 bridgehead atoms. The number of aliphatic hydroxyl groups excluding tert-OH is 1. The van der Waals surface area contributed by atoms with Crippen LogP contribution in [0.1, 0.15) is 5.82 Å². The smallest absolute Gasteiger partial charge is 0.165 e. The van der Waals surface area contributed by atoms with Gasteiger partial charge in [-0.25, -0.2) is 4.98 Å². The number of rotatable bonds is 5. The number of aromatic hydroxyl groups is 1. The fraction of sp³-hybridized carbons (Fsp3) is 0.350. The van der Waals surface area contributed by atoms with E-state index in [-0.39, 0.29) is 6.61 Å². The van der Waals surface area contributed by atoms with Crippen molar-refractivity contribution in [3.63, 3.8) is 0 Å². The molecule has 1 aliphatic rings. The minimum absolute atomic E-state index is 0.0708. The number of hydrogen-bond acceptors (Lipinski definition) is 4. The van der Waals surface area contributed by atoms with Crippen molar-refractivity contribution < 1.29 is 15.1 Å². The normalized spacial score (nSPS) is 15.6. The van der Waals surface area contributed by atoms with Crippen LogP contribution in [0.25, 0.3) is 11.0 Å². The average molecular weight is 388 g/mol. The second-order valence-electron chi connectivity index (χ2n) is 6.94. The van der Waals surface area contributed by atoms with Gasteiger partial charge in [0.05, 0.1) is 49.5 Å². The lowest BCUT2D eigenvalue weighted by Crippen LogP contribution is -3.13. The van der Waals surface area contributed by atoms with Crippen LogP contribution in [0.5, 0.6) is 5.75 Å². The van der Waals surface area contributed by atoms with Crippen LogP contribution in [0.2, 0.25) is 5.02 Å². The van der Waals surface area contributed by atoms with Gasteiger partial charge in [-0.1, -0.05) is 23.7 Å². The lowest BCUT2D eigenvalue weighted by molar-refractivity contribution is -0.915. The molecule has 2 heterocycles. The predicted molar refractivity (Wildman–Crippen MR) is 107 cm³/mol. The molecule has 1 aliphatic heterocycles. The third-order valence-corrected chi connectivity index (χ3v) is 5.45. The van der Waals surface area contributed by atoms with Gasteiger partial charge in [-0.05, 0) is 30.3 Å². The maximum Gasteiger partial charge on any atom is 0.165 e. The number of fused-ring (bicyclic) bond motifs is 1. The Bertz CT molecular complexity index is 935. The fourth-order valence-electron chi connectivity index (χ4n) is 3.83. The Hall–Kier alpha value is -2.28. The molecule has 3 N–H and O–H groups in total. The molecule has 4 rings (SSSR count). The summed E-state index contributed by atoms with van der Waals surface area (Å²) < 4.78 is 2.07. The second-order valence-corrected chi connectivity index (χ2v) is 7.38. The zero-order valence-electron chi connectivity index (χ0n) is 15.1. The highest BCUT2D eigenvalue weighted by molar-refractivity contribution is 6.31. The Labute approximate surface area is 163 Å². The Balaban J connectivity index is 1.49. The average Bonchev–Trinajstić information content (AvgIpc) is 3.00. The maximum atomic E-state index is 10.1. The summed E-state index contributed by atoms with van der Waals surface area (Å²) in [5.74, 6) is 1.31. The fourth-order valence-corrected chi connectivity index (χ4v) is 3.99. The van der Waals surface area contributed by atoms with Crippen LogP contribution in [0, 0.1) is 0 Å². The molecule has 7 heteroatoms. The van der Waals surface area contributed by atoms with Crippen molar-refractivity contribution in [1.82, 2.24) is 9.55 Å². The van der Waals surface area contributed by atoms with Crippen molar-refractivity contribution in [2.75, 3.05) is 37.7 Å². The minimum Gasteiger partial charge on any atom is -0.506 e. The number of phenolic OH excluding ortho intramolecular Hbond substituents is 1. The number of phenols is 1. The number of anilines is 1. The van der Waals surface area contributed by atoms with Gasteiger partial charge in [-0.15, -0.1) is 0 Å². The highest BCUT2D eigenvalue weighted by Gasteiger charge is 2.24. The summed E-state index contributed by atoms with van der Waals surface area (Å²) in [6, 6.07) is 13.2. The number of hydrogen-bond donors (Lipinski definition) is 3. The molecule has 0 amide bonds. The van der Waals surface area contributed by atoms with Crippen LogP contribution in [-0.2, 0) is 13.1 Å². The summed E-state index contributed by atoms with van der Waals surface area (Å²) in [6.07, 6.45) is 0. The third kappa shape index (κ3) is 3.74. The van der Waals surface area contributed by atoms with E-state index in [0.29, 0.717) is 17.3 Å². The maximum absolute atomic E-state index is 10.1. The molecule has 0 unspecified atom stereocenters. The van der Waals surface area contributed by atoms with Crippen molar-refractivity contribution in [2.24, 2.45) is 0 Å². The molecule has 1 aromatic heterocycles. The molecule has 2 aromatic carbocycles. The summed E-state index contributed by atoms with van der Waals surface area (Å²) in [5, 5.41) is 20.2. The van der Waals surface area contributed by atoms with Crippen LogP contribution in [0.15, 0.2) is 42.5 Å². The number of benzene rings is 2. The quantitative estimate of drug-likeness (QED) is 0.617. The molecule has 0 radical (unpaired) electrons. The first-order chi connectivity index (χ1) is 13.2. The van der Waals surface area contributed by atoms with Gasteiger partial charge in [0.1, 0.15) is 12.3 Å². The Kier molecular flexibility index (Phi) is 5.20. The summed E-state index contributed by atoms with van der Waals surface area (Å²) in [5.41, 5.74) is 2.78. The van der Waals surface area contributed by atoms with E-state index in [4.69, 9.17) is 16.6 Å². The monoisotopic (exact) mass is 387 g/mol. The largest absolute Gasteiger partial charge is 0.506 e. The molecule has 0 atom stereocenters. The Morgan fingerprint density at radius 1 is 1.11 bits per heavy atom. The minimum atomic E-state index is 0.0708. The van der Waals surface area contributed by atoms with Crippen LogP contribution < -0.4 is 9.80 Å². The summed E-state index contributed by atoms with van der Waals surface area (Å²) in [6.45, 7) is 5.11. The first kappa shape index (κ1) is 18.1. The van der Waals surface area contributed by atoms with E-state index in [1.54, 1.807) is 6.07 Å². The van der Waals surface area contributed by atoms with E-state index < -0.39 is 0 Å². The Morgan fingerprint density at radius 2 is 1.89 bits per heavy atom. The second kappa shape index (κ2) is 7.76. The summed E-state index contributed by atoms with van der Waals surface area (Å²) in [7, 11) is 0. The van der Waals surface area contributed by atoms with E-state index in [2.05, 4.69) is 9.47 Å². The first-order valence-electron chi connectivity index (χ1n) is 9.28. The van der Waals surface area contributed by atoms with E-state index in [1.807, 2.05) is 36.4 Å². The summed E-state index contributed by atoms with van der Waals surface area (Å²) >= 11 is 6.14. The van der Waals surface area contributed by atoms with Gasteiger partial charge in [0, 0.05) is 11.6 Å². The van der Waals surface area contributed by atoms with E-state index >= 15 is 0 Å². The number of imidazole rings is 1. The van der Waals surface area contributed by atoms with E-state index in [1.165, 1.54) is 4.90 Å². The number of nitrogens with zero attached hydrogens (tertiary/aromatic N) is 3. The SMILES string of the molecule is OCCn1c(C[NH+]2CCN(c3ccccc3O)CC2)nc2ccc(Cl)cc21. The van der Waals surface area contributed by atoms with Gasteiger partial charge in [0.15, 0.2) is 5.82 Å². The number of aliphatic hydroxyl groups is 1. The molecular formula is C20H24ClN4O2+. The zero-order chi connectivity index (χ0) is 18.8. The molecule has 3 aromatic rings. The van der Waals surface area contributed by atoms with Crippen LogP contribution in [-0.4, -0.2) is 52.6 Å². The number of piperazine rings is 1. The lowest BCUT2D eigenvalue weighted by Gasteiger charge is -2.33. The molecule has 0 saturated carbocycles. The summed E-state index contributed by atoms with van der Waals surface area (Å²) in [4.78, 5) is 8.45. The van der Waals surface area contributed by atoms with Gasteiger partial charge in [-0.3, -0.25) is 0 Å². The van der Waals surface area contributed by atoms with Gasteiger partial charge >= 0.3 is 0 Å². The standard InChI is InChI=1S/C20H23ClN4O2/c21-15-5-6-16-18(13-15)25(11-12-26)20(22-16)14-23-7-9-24(10-8-23)17-3-1-2-4-19(17)27/h1-6,13,26-27H,7-12,14H2/p+1. The first-order valence-corrected chi connectivity index (χ1v) is 9.65. The molecule has 0 aliphatic carbocycles. The number of para-hydroxylation sites is 2. The molecular weight excluding hydrogens is 364 g/mol. The Morgan fingerprint density at radius 3 is 2.63 bits per heavy atom. The van der Waals surface area contributed by atoms with Crippen molar-refractivity contribution in [3.05, 3.63) is 53.3 Å². The number of nitrogens with one attached hydrogen (secondary N) is 1. The molecule has 6 nitrogen and oxygen atoms in total. The van der Waals surface area contributed by atoms with Crippen LogP contribution in [0.3, 0.4) is 0 Å². The molecule has 0 spiro atoms. The topological polar surface area (TPSA) is 66.0 Å². The zero-order valence-corrected chi connectivity index (χ0v) is 15.9. The van der Waals surface area contributed by atoms with Gasteiger partial charge in [-0.2, -0.15) is 0 Å². The molecule has 1 saturated heterocycles. The highest BCUT2D eigenvalue weighted by atomic mass is 35.5. The van der Waals surface area contributed by atoms with Gasteiger partial charge in [0.25, 0.3) is 0 Å². The van der Waals surface area contributed by atoms with Gasteiger partial charge in [0.2, 0.25) is 0 Å². The van der Waals surface area contributed by atoms with Crippen LogP contribution >= 0.6 is 11.6 Å². The van der Waals surface area contributed by atoms with Crippen molar-refractivity contribution >= 4 is 28.3 Å². The molecule has 1 fully saturated rings. The van der Waals surface area contributed by atoms with Crippen molar-refractivity contribution in [1.29, 1.82) is 0 Å². The molecule has 27 heavy (non-hydrogen) atoms. The lowest BCUT2D eigenvalue weighted by atomic mass is 10.2. The van der Waals surface area contributed by atoms with Gasteiger partial charge < -0.3 is 24.6 Å². The number of halogens is 1. The van der Waals surface area contributed by atoms with Crippen molar-refractivity contribution in [3.8, 4) is 5.75 Å². The van der Waals surface area contributed by atoms with Crippen LogP contribution in [0.4, 0.5) is 5.69 Å². The van der Waals surface area contributed by atoms with E-state index in [0.717, 1.165) is 55.3 Å². The van der Waals surface area contributed by atoms with E-state index in [9.17, 15) is 10.2 Å². The number of aromatic nitrogens is 2. The third-order valence-electron chi connectivity index (χ3n) is 5.21.